The maximum atomic E-state index is 14.0. The smallest absolute Gasteiger partial charge is 0.240 e. The van der Waals surface area contributed by atoms with Crippen LogP contribution in [0, 0.1) is 6.92 Å². The number of likely N-dealkylation sites (tertiary alicyclic amines) is 1. The van der Waals surface area contributed by atoms with Gasteiger partial charge in [0.15, 0.2) is 11.5 Å². The number of benzene rings is 3. The highest BCUT2D eigenvalue weighted by Crippen LogP contribution is 2.34. The Morgan fingerprint density at radius 2 is 1.77 bits per heavy atom. The Labute approximate surface area is 232 Å². The van der Waals surface area contributed by atoms with E-state index in [0.29, 0.717) is 18.8 Å². The van der Waals surface area contributed by atoms with Gasteiger partial charge in [-0.25, -0.2) is 0 Å². The van der Waals surface area contributed by atoms with Crippen LogP contribution < -0.4 is 14.8 Å². The lowest BCUT2D eigenvalue weighted by Crippen LogP contribution is -2.47. The van der Waals surface area contributed by atoms with Crippen molar-refractivity contribution in [3.05, 3.63) is 101 Å². The zero-order valence-electron chi connectivity index (χ0n) is 23.2. The summed E-state index contributed by atoms with van der Waals surface area (Å²) in [4.78, 5) is 18.3. The summed E-state index contributed by atoms with van der Waals surface area (Å²) in [6.07, 6.45) is 5.95. The van der Waals surface area contributed by atoms with Crippen molar-refractivity contribution in [1.29, 1.82) is 0 Å². The number of carbonyl (C=O) groups excluding carboxylic acids is 1. The number of methoxy groups -OCH3 is 2. The normalized spacial score (nSPS) is 19.3. The number of nitrogens with one attached hydrogen (secondary N) is 1. The highest BCUT2D eigenvalue weighted by Gasteiger charge is 2.39. The molecule has 0 radical (unpaired) electrons. The summed E-state index contributed by atoms with van der Waals surface area (Å²) in [7, 11) is 3.31. The van der Waals surface area contributed by atoms with Crippen LogP contribution in [0.5, 0.6) is 11.5 Å². The van der Waals surface area contributed by atoms with E-state index in [9.17, 15) is 4.79 Å². The van der Waals surface area contributed by atoms with Gasteiger partial charge in [-0.1, -0.05) is 72.3 Å². The second-order valence-electron chi connectivity index (χ2n) is 10.6. The molecule has 2 aliphatic rings. The zero-order chi connectivity index (χ0) is 27.2. The minimum atomic E-state index is -0.151. The van der Waals surface area contributed by atoms with E-state index < -0.39 is 0 Å². The molecule has 3 aromatic carbocycles. The fraction of sp³-hybridized carbons (Fsp3) is 0.364. The summed E-state index contributed by atoms with van der Waals surface area (Å²) in [5.74, 6) is 1.66. The molecule has 6 heteroatoms. The molecule has 6 nitrogen and oxygen atoms in total. The molecule has 1 saturated heterocycles. The molecule has 2 heterocycles. The van der Waals surface area contributed by atoms with Crippen LogP contribution in [-0.4, -0.2) is 61.6 Å². The van der Waals surface area contributed by atoms with Crippen LogP contribution in [0.25, 0.3) is 6.08 Å². The first-order valence-electron chi connectivity index (χ1n) is 13.8. The van der Waals surface area contributed by atoms with E-state index >= 15 is 0 Å². The molecule has 2 aliphatic heterocycles. The van der Waals surface area contributed by atoms with Crippen LogP contribution in [0.3, 0.4) is 0 Å². The Hall–Kier alpha value is -3.61. The predicted octanol–water partition coefficient (Wildman–Crippen LogP) is 4.84. The number of nitrogens with zero attached hydrogens (tertiary/aromatic N) is 2. The lowest BCUT2D eigenvalue weighted by molar-refractivity contribution is -0.136. The molecule has 5 rings (SSSR count). The first kappa shape index (κ1) is 27.0. The molecule has 0 bridgehead atoms. The fourth-order valence-electron chi connectivity index (χ4n) is 5.76. The van der Waals surface area contributed by atoms with Gasteiger partial charge in [0.25, 0.3) is 0 Å². The Morgan fingerprint density at radius 3 is 2.51 bits per heavy atom. The van der Waals surface area contributed by atoms with Crippen molar-refractivity contribution < 1.29 is 14.3 Å². The Balaban J connectivity index is 1.30. The van der Waals surface area contributed by atoms with Gasteiger partial charge >= 0.3 is 0 Å². The highest BCUT2D eigenvalue weighted by molar-refractivity contribution is 5.83. The molecule has 0 unspecified atom stereocenters. The third-order valence-electron chi connectivity index (χ3n) is 7.85. The molecule has 1 N–H and O–H groups in total. The number of ether oxygens (including phenoxy) is 2. The van der Waals surface area contributed by atoms with Crippen LogP contribution in [0.4, 0.5) is 0 Å². The third kappa shape index (κ3) is 6.52. The Kier molecular flexibility index (Phi) is 8.64. The van der Waals surface area contributed by atoms with Crippen molar-refractivity contribution in [3.8, 4) is 11.5 Å². The second kappa shape index (κ2) is 12.5. The van der Waals surface area contributed by atoms with E-state index in [4.69, 9.17) is 9.47 Å². The van der Waals surface area contributed by atoms with Gasteiger partial charge in [0.1, 0.15) is 0 Å². The van der Waals surface area contributed by atoms with E-state index in [1.54, 1.807) is 14.2 Å². The summed E-state index contributed by atoms with van der Waals surface area (Å²) in [5.41, 5.74) is 6.07. The SMILES string of the molecule is COc1cc2c(cc1OC)CN(C(=O)[C@@H]1C[C@@H](NCc3cccc(C)c3)CN1C/C=C/c1ccccc1)CC2. The molecule has 0 aromatic heterocycles. The largest absolute Gasteiger partial charge is 0.493 e. The van der Waals surface area contributed by atoms with Crippen molar-refractivity contribution >= 4 is 12.0 Å². The summed E-state index contributed by atoms with van der Waals surface area (Å²) < 4.78 is 11.0. The second-order valence-corrected chi connectivity index (χ2v) is 10.6. The molecular weight excluding hydrogens is 486 g/mol. The number of carbonyl (C=O) groups is 1. The van der Waals surface area contributed by atoms with Crippen LogP contribution in [0.15, 0.2) is 72.8 Å². The molecule has 1 amide bonds. The summed E-state index contributed by atoms with van der Waals surface area (Å²) in [6, 6.07) is 23.1. The number of aryl methyl sites for hydroxylation is 1. The van der Waals surface area contributed by atoms with E-state index in [0.717, 1.165) is 43.8 Å². The average molecular weight is 526 g/mol. The summed E-state index contributed by atoms with van der Waals surface area (Å²) in [6.45, 7) is 5.82. The minimum absolute atomic E-state index is 0.151. The van der Waals surface area contributed by atoms with Crippen LogP contribution in [-0.2, 0) is 24.3 Å². The molecular formula is C33H39N3O3. The van der Waals surface area contributed by atoms with E-state index in [2.05, 4.69) is 71.8 Å². The van der Waals surface area contributed by atoms with Gasteiger partial charge in [-0.15, -0.1) is 0 Å². The summed E-state index contributed by atoms with van der Waals surface area (Å²) in [5, 5.41) is 3.73. The number of hydrogen-bond acceptors (Lipinski definition) is 5. The van der Waals surface area contributed by atoms with Crippen molar-refractivity contribution in [3.63, 3.8) is 0 Å². The quantitative estimate of drug-likeness (QED) is 0.433. The molecule has 39 heavy (non-hydrogen) atoms. The average Bonchev–Trinajstić information content (AvgIpc) is 3.38. The fourth-order valence-corrected chi connectivity index (χ4v) is 5.76. The van der Waals surface area contributed by atoms with E-state index in [1.165, 1.54) is 22.3 Å². The zero-order valence-corrected chi connectivity index (χ0v) is 23.2. The van der Waals surface area contributed by atoms with Crippen LogP contribution >= 0.6 is 0 Å². The lowest BCUT2D eigenvalue weighted by atomic mass is 9.98. The van der Waals surface area contributed by atoms with Gasteiger partial charge in [-0.2, -0.15) is 0 Å². The van der Waals surface area contributed by atoms with E-state index in [-0.39, 0.29) is 18.0 Å². The summed E-state index contributed by atoms with van der Waals surface area (Å²) >= 11 is 0. The first-order valence-corrected chi connectivity index (χ1v) is 13.8. The molecule has 3 aromatic rings. The highest BCUT2D eigenvalue weighted by atomic mass is 16.5. The van der Waals surface area contributed by atoms with Crippen LogP contribution in [0.2, 0.25) is 0 Å². The van der Waals surface area contributed by atoms with Gasteiger partial charge in [0, 0.05) is 38.8 Å². The topological polar surface area (TPSA) is 54.0 Å². The van der Waals surface area contributed by atoms with Crippen molar-refractivity contribution in [2.45, 2.75) is 44.9 Å². The number of amides is 1. The van der Waals surface area contributed by atoms with Crippen molar-refractivity contribution in [2.24, 2.45) is 0 Å². The molecule has 0 aliphatic carbocycles. The molecule has 0 spiro atoms. The Bertz CT molecular complexity index is 1310. The van der Waals surface area contributed by atoms with Crippen molar-refractivity contribution in [1.82, 2.24) is 15.1 Å². The lowest BCUT2D eigenvalue weighted by Gasteiger charge is -2.33. The maximum absolute atomic E-state index is 14.0. The standard InChI is InChI=1S/C33H39N3O3/c1-24-9-7-12-26(17-24)21-34-29-20-30(35(23-29)15-8-13-25-10-5-4-6-11-25)33(37)36-16-14-27-18-31(38-2)32(39-3)19-28(27)22-36/h4-13,17-19,29-30,34H,14-16,20-23H2,1-3H3/b13-8+/t29-,30+/m1/s1. The number of fused-ring (bicyclic) bond motifs is 1. The molecule has 1 fully saturated rings. The van der Waals surface area contributed by atoms with Gasteiger partial charge in [-0.05, 0) is 54.2 Å². The number of rotatable bonds is 9. The van der Waals surface area contributed by atoms with Gasteiger partial charge in [0.2, 0.25) is 5.91 Å². The predicted molar refractivity (Wildman–Crippen MR) is 156 cm³/mol. The van der Waals surface area contributed by atoms with Crippen molar-refractivity contribution in [2.75, 3.05) is 33.9 Å². The molecule has 204 valence electrons. The monoisotopic (exact) mass is 525 g/mol. The van der Waals surface area contributed by atoms with Gasteiger partial charge in [0.05, 0.1) is 20.3 Å². The third-order valence-corrected chi connectivity index (χ3v) is 7.85. The Morgan fingerprint density at radius 1 is 1.00 bits per heavy atom. The number of hydrogen-bond donors (Lipinski definition) is 1. The molecule has 0 saturated carbocycles. The minimum Gasteiger partial charge on any atom is -0.493 e. The van der Waals surface area contributed by atoms with Crippen LogP contribution in [0.1, 0.15) is 34.2 Å². The first-order chi connectivity index (χ1) is 19.0. The van der Waals surface area contributed by atoms with Gasteiger partial charge in [-0.3, -0.25) is 9.69 Å². The van der Waals surface area contributed by atoms with E-state index in [1.807, 2.05) is 29.2 Å². The van der Waals surface area contributed by atoms with Gasteiger partial charge < -0.3 is 19.7 Å². The molecule has 2 atom stereocenters. The maximum Gasteiger partial charge on any atom is 0.240 e.